The van der Waals surface area contributed by atoms with Crippen molar-refractivity contribution in [2.45, 2.75) is 18.6 Å². The summed E-state index contributed by atoms with van der Waals surface area (Å²) in [6.45, 7) is 0. The molecule has 1 aromatic carbocycles. The number of aromatic nitrogens is 1. The summed E-state index contributed by atoms with van der Waals surface area (Å²) in [5.74, 6) is -0.670. The fourth-order valence-electron chi connectivity index (χ4n) is 1.84. The van der Waals surface area contributed by atoms with Gasteiger partial charge in [0.1, 0.15) is 5.82 Å². The number of nitrogens with zero attached hydrogens (tertiary/aromatic N) is 1. The fourth-order valence-corrected chi connectivity index (χ4v) is 1.84. The molecular formula is C14H12F4N2. The van der Waals surface area contributed by atoms with E-state index in [2.05, 4.69) is 10.3 Å². The van der Waals surface area contributed by atoms with Crippen molar-refractivity contribution in [3.8, 4) is 0 Å². The summed E-state index contributed by atoms with van der Waals surface area (Å²) in [6, 6.07) is 11.1. The molecule has 1 N–H and O–H groups in total. The van der Waals surface area contributed by atoms with Crippen LogP contribution >= 0.6 is 0 Å². The van der Waals surface area contributed by atoms with Crippen molar-refractivity contribution in [3.63, 3.8) is 0 Å². The number of alkyl halides is 3. The minimum absolute atomic E-state index is 0.0723. The Morgan fingerprint density at radius 1 is 1.00 bits per heavy atom. The van der Waals surface area contributed by atoms with Gasteiger partial charge in [0.15, 0.2) is 0 Å². The van der Waals surface area contributed by atoms with Crippen LogP contribution in [0.2, 0.25) is 0 Å². The van der Waals surface area contributed by atoms with Gasteiger partial charge in [-0.25, -0.2) is 4.98 Å². The Morgan fingerprint density at radius 3 is 2.30 bits per heavy atom. The Morgan fingerprint density at radius 2 is 1.70 bits per heavy atom. The van der Waals surface area contributed by atoms with Crippen LogP contribution in [0, 0.1) is 5.95 Å². The number of hydrogen-bond donors (Lipinski definition) is 1. The molecule has 2 aromatic rings. The molecule has 0 aliphatic carbocycles. The van der Waals surface area contributed by atoms with Gasteiger partial charge in [-0.15, -0.1) is 0 Å². The molecule has 106 valence electrons. The standard InChI is InChI=1S/C14H12F4N2/c15-12-7-4-8-13(20-12)19-11(9-14(16,17)18)10-5-2-1-3-6-10/h1-8,11H,9H2,(H,19,20). The second kappa shape index (κ2) is 5.90. The molecule has 0 saturated heterocycles. The van der Waals surface area contributed by atoms with E-state index in [0.717, 1.165) is 6.07 Å². The molecule has 0 aliphatic rings. The smallest absolute Gasteiger partial charge is 0.363 e. The molecule has 20 heavy (non-hydrogen) atoms. The number of nitrogens with one attached hydrogen (secondary N) is 1. The van der Waals surface area contributed by atoms with Crippen LogP contribution in [0.15, 0.2) is 48.5 Å². The van der Waals surface area contributed by atoms with E-state index in [1.165, 1.54) is 12.1 Å². The minimum atomic E-state index is -4.33. The van der Waals surface area contributed by atoms with Crippen LogP contribution < -0.4 is 5.32 Å². The van der Waals surface area contributed by atoms with E-state index in [1.807, 2.05) is 0 Å². The number of benzene rings is 1. The van der Waals surface area contributed by atoms with E-state index in [-0.39, 0.29) is 5.82 Å². The van der Waals surface area contributed by atoms with Gasteiger partial charge in [0.2, 0.25) is 5.95 Å². The number of anilines is 1. The third-order valence-electron chi connectivity index (χ3n) is 2.67. The SMILES string of the molecule is Fc1cccc(NC(CC(F)(F)F)c2ccccc2)n1. The topological polar surface area (TPSA) is 24.9 Å². The third-order valence-corrected chi connectivity index (χ3v) is 2.67. The van der Waals surface area contributed by atoms with E-state index in [4.69, 9.17) is 0 Å². The maximum Gasteiger partial charge on any atom is 0.391 e. The molecule has 0 spiro atoms. The maximum absolute atomic E-state index is 13.0. The zero-order valence-corrected chi connectivity index (χ0v) is 10.4. The molecule has 1 atom stereocenters. The van der Waals surface area contributed by atoms with Gasteiger partial charge in [0.05, 0.1) is 12.5 Å². The van der Waals surface area contributed by atoms with Crippen LogP contribution in [-0.4, -0.2) is 11.2 Å². The first kappa shape index (κ1) is 14.3. The Kier molecular flexibility index (Phi) is 4.22. The highest BCUT2D eigenvalue weighted by atomic mass is 19.4. The predicted molar refractivity (Wildman–Crippen MR) is 67.7 cm³/mol. The Bertz CT molecular complexity index is 555. The van der Waals surface area contributed by atoms with Crippen LogP contribution in [0.3, 0.4) is 0 Å². The summed E-state index contributed by atoms with van der Waals surface area (Å²) in [7, 11) is 0. The molecule has 0 radical (unpaired) electrons. The van der Waals surface area contributed by atoms with E-state index < -0.39 is 24.6 Å². The van der Waals surface area contributed by atoms with Gasteiger partial charge in [-0.05, 0) is 17.7 Å². The van der Waals surface area contributed by atoms with Gasteiger partial charge >= 0.3 is 6.18 Å². The zero-order chi connectivity index (χ0) is 14.6. The molecule has 1 heterocycles. The molecule has 1 unspecified atom stereocenters. The molecule has 0 bridgehead atoms. The van der Waals surface area contributed by atoms with Crippen LogP contribution in [0.1, 0.15) is 18.0 Å². The number of hydrogen-bond acceptors (Lipinski definition) is 2. The molecular weight excluding hydrogens is 272 g/mol. The van der Waals surface area contributed by atoms with Gasteiger partial charge in [-0.1, -0.05) is 36.4 Å². The van der Waals surface area contributed by atoms with E-state index in [0.29, 0.717) is 5.56 Å². The lowest BCUT2D eigenvalue weighted by Crippen LogP contribution is -2.20. The first-order valence-corrected chi connectivity index (χ1v) is 5.95. The highest BCUT2D eigenvalue weighted by Crippen LogP contribution is 2.31. The summed E-state index contributed by atoms with van der Waals surface area (Å²) in [5.41, 5.74) is 0.468. The quantitative estimate of drug-likeness (QED) is 0.668. The van der Waals surface area contributed by atoms with Crippen molar-refractivity contribution >= 4 is 5.82 Å². The molecule has 1 aromatic heterocycles. The Hall–Kier alpha value is -2.11. The van der Waals surface area contributed by atoms with Gasteiger partial charge in [-0.3, -0.25) is 0 Å². The second-order valence-electron chi connectivity index (χ2n) is 4.27. The number of pyridine rings is 1. The molecule has 0 saturated carbocycles. The van der Waals surface area contributed by atoms with Crippen LogP contribution in [0.4, 0.5) is 23.4 Å². The summed E-state index contributed by atoms with van der Waals surface area (Å²) < 4.78 is 50.9. The maximum atomic E-state index is 13.0. The average Bonchev–Trinajstić information content (AvgIpc) is 2.37. The summed E-state index contributed by atoms with van der Waals surface area (Å²) in [6.07, 6.45) is -5.39. The van der Waals surface area contributed by atoms with E-state index >= 15 is 0 Å². The van der Waals surface area contributed by atoms with Gasteiger partial charge in [0.25, 0.3) is 0 Å². The zero-order valence-electron chi connectivity index (χ0n) is 10.4. The lowest BCUT2D eigenvalue weighted by atomic mass is 10.0. The number of halogens is 4. The molecule has 2 nitrogen and oxygen atoms in total. The Labute approximate surface area is 113 Å². The monoisotopic (exact) mass is 284 g/mol. The van der Waals surface area contributed by atoms with Crippen molar-refractivity contribution in [3.05, 3.63) is 60.0 Å². The highest BCUT2D eigenvalue weighted by Gasteiger charge is 2.32. The van der Waals surface area contributed by atoms with Crippen molar-refractivity contribution in [2.24, 2.45) is 0 Å². The summed E-state index contributed by atoms with van der Waals surface area (Å²) in [5, 5.41) is 2.62. The van der Waals surface area contributed by atoms with Crippen molar-refractivity contribution < 1.29 is 17.6 Å². The Balaban J connectivity index is 2.23. The van der Waals surface area contributed by atoms with E-state index in [9.17, 15) is 17.6 Å². The molecule has 0 aliphatic heterocycles. The summed E-state index contributed by atoms with van der Waals surface area (Å²) >= 11 is 0. The third kappa shape index (κ3) is 4.22. The normalized spacial score (nSPS) is 13.0. The van der Waals surface area contributed by atoms with Crippen LogP contribution in [0.5, 0.6) is 0 Å². The fraction of sp³-hybridized carbons (Fsp3) is 0.214. The molecule has 6 heteroatoms. The first-order valence-electron chi connectivity index (χ1n) is 5.95. The van der Waals surface area contributed by atoms with Gasteiger partial charge in [-0.2, -0.15) is 17.6 Å². The lowest BCUT2D eigenvalue weighted by Gasteiger charge is -2.21. The molecule has 0 amide bonds. The summed E-state index contributed by atoms with van der Waals surface area (Å²) in [4.78, 5) is 3.52. The van der Waals surface area contributed by atoms with Crippen molar-refractivity contribution in [1.29, 1.82) is 0 Å². The van der Waals surface area contributed by atoms with Crippen LogP contribution in [-0.2, 0) is 0 Å². The first-order chi connectivity index (χ1) is 9.44. The minimum Gasteiger partial charge on any atom is -0.363 e. The van der Waals surface area contributed by atoms with Gasteiger partial charge in [0, 0.05) is 0 Å². The largest absolute Gasteiger partial charge is 0.391 e. The van der Waals surface area contributed by atoms with Crippen molar-refractivity contribution in [2.75, 3.05) is 5.32 Å². The molecule has 0 fully saturated rings. The highest BCUT2D eigenvalue weighted by molar-refractivity contribution is 5.38. The van der Waals surface area contributed by atoms with Crippen molar-refractivity contribution in [1.82, 2.24) is 4.98 Å². The molecule has 2 rings (SSSR count). The lowest BCUT2D eigenvalue weighted by molar-refractivity contribution is -0.137. The van der Waals surface area contributed by atoms with Gasteiger partial charge < -0.3 is 5.32 Å². The van der Waals surface area contributed by atoms with E-state index in [1.54, 1.807) is 30.3 Å². The number of rotatable bonds is 4. The second-order valence-corrected chi connectivity index (χ2v) is 4.27. The average molecular weight is 284 g/mol. The van der Waals surface area contributed by atoms with Crippen LogP contribution in [0.25, 0.3) is 0 Å². The predicted octanol–water partition coefficient (Wildman–Crippen LogP) is 4.33.